The number of carbonyl (C=O) groups is 1. The summed E-state index contributed by atoms with van der Waals surface area (Å²) >= 11 is 2.17. The number of anilines is 1. The van der Waals surface area contributed by atoms with E-state index in [9.17, 15) is 9.90 Å². The van der Waals surface area contributed by atoms with Crippen LogP contribution in [0.3, 0.4) is 0 Å². The summed E-state index contributed by atoms with van der Waals surface area (Å²) in [7, 11) is 1.48. The quantitative estimate of drug-likeness (QED) is 0.798. The van der Waals surface area contributed by atoms with Gasteiger partial charge in [-0.15, -0.1) is 0 Å². The van der Waals surface area contributed by atoms with Crippen molar-refractivity contribution in [1.29, 1.82) is 0 Å². The molecule has 20 heavy (non-hydrogen) atoms. The van der Waals surface area contributed by atoms with Crippen molar-refractivity contribution in [2.45, 2.75) is 6.42 Å². The topological polar surface area (TPSA) is 58.6 Å². The Hall–Kier alpha value is -1.76. The van der Waals surface area contributed by atoms with E-state index in [1.54, 1.807) is 12.1 Å². The van der Waals surface area contributed by atoms with Gasteiger partial charge in [0.25, 0.3) is 0 Å². The van der Waals surface area contributed by atoms with Crippen molar-refractivity contribution in [1.82, 2.24) is 0 Å². The number of phenols is 1. The zero-order chi connectivity index (χ0) is 14.5. The minimum absolute atomic E-state index is 0.0641. The van der Waals surface area contributed by atoms with Crippen molar-refractivity contribution in [3.05, 3.63) is 51.6 Å². The van der Waals surface area contributed by atoms with Gasteiger partial charge in [-0.05, 0) is 52.4 Å². The van der Waals surface area contributed by atoms with Gasteiger partial charge < -0.3 is 15.2 Å². The van der Waals surface area contributed by atoms with Gasteiger partial charge >= 0.3 is 0 Å². The Labute approximate surface area is 130 Å². The minimum atomic E-state index is -0.109. The number of hydrogen-bond acceptors (Lipinski definition) is 3. The fraction of sp³-hybridized carbons (Fsp3) is 0.133. The average Bonchev–Trinajstić information content (AvgIpc) is 2.43. The normalized spacial score (nSPS) is 10.1. The first kappa shape index (κ1) is 14.6. The lowest BCUT2D eigenvalue weighted by Crippen LogP contribution is -2.15. The number of benzene rings is 2. The number of aromatic hydroxyl groups is 1. The van der Waals surface area contributed by atoms with Gasteiger partial charge in [-0.2, -0.15) is 0 Å². The van der Waals surface area contributed by atoms with Crippen molar-refractivity contribution in [2.24, 2.45) is 0 Å². The molecule has 0 atom stereocenters. The summed E-state index contributed by atoms with van der Waals surface area (Å²) < 4.78 is 6.01. The van der Waals surface area contributed by atoms with Crippen LogP contribution in [0.25, 0.3) is 0 Å². The van der Waals surface area contributed by atoms with Gasteiger partial charge in [0.1, 0.15) is 0 Å². The van der Waals surface area contributed by atoms with Crippen LogP contribution in [0.4, 0.5) is 5.69 Å². The molecule has 2 rings (SSSR count). The highest BCUT2D eigenvalue weighted by Crippen LogP contribution is 2.26. The van der Waals surface area contributed by atoms with Crippen molar-refractivity contribution < 1.29 is 14.6 Å². The van der Waals surface area contributed by atoms with Crippen LogP contribution in [0.5, 0.6) is 11.5 Å². The van der Waals surface area contributed by atoms with E-state index in [1.165, 1.54) is 13.2 Å². The fourth-order valence-corrected chi connectivity index (χ4v) is 2.30. The summed E-state index contributed by atoms with van der Waals surface area (Å²) in [6, 6.07) is 12.5. The van der Waals surface area contributed by atoms with Gasteiger partial charge in [-0.3, -0.25) is 4.79 Å². The molecule has 0 aromatic heterocycles. The fourth-order valence-electron chi connectivity index (χ4n) is 1.77. The molecule has 0 aliphatic carbocycles. The second kappa shape index (κ2) is 6.60. The number of para-hydroxylation sites is 1. The van der Waals surface area contributed by atoms with Gasteiger partial charge in [0, 0.05) is 3.57 Å². The molecule has 0 aliphatic heterocycles. The van der Waals surface area contributed by atoms with Crippen molar-refractivity contribution >= 4 is 34.2 Å². The van der Waals surface area contributed by atoms with Gasteiger partial charge in [-0.25, -0.2) is 0 Å². The molecule has 0 saturated carbocycles. The van der Waals surface area contributed by atoms with Gasteiger partial charge in [0.05, 0.1) is 19.2 Å². The lowest BCUT2D eigenvalue weighted by atomic mass is 10.1. The Kier molecular flexibility index (Phi) is 4.84. The number of ether oxygens (including phenoxy) is 1. The molecule has 0 saturated heterocycles. The van der Waals surface area contributed by atoms with E-state index in [0.717, 1.165) is 14.8 Å². The summed E-state index contributed by atoms with van der Waals surface area (Å²) in [6.07, 6.45) is 0.224. The van der Waals surface area contributed by atoms with Gasteiger partial charge in [0.2, 0.25) is 5.91 Å². The molecule has 0 aliphatic rings. The summed E-state index contributed by atoms with van der Waals surface area (Å²) in [4.78, 5) is 12.0. The van der Waals surface area contributed by atoms with E-state index in [-0.39, 0.29) is 18.1 Å². The van der Waals surface area contributed by atoms with E-state index in [0.29, 0.717) is 5.75 Å². The van der Waals surface area contributed by atoms with E-state index in [1.807, 2.05) is 24.3 Å². The Balaban J connectivity index is 2.07. The SMILES string of the molecule is COc1cc(CC(=O)Nc2ccccc2I)ccc1O. The highest BCUT2D eigenvalue weighted by Gasteiger charge is 2.08. The average molecular weight is 383 g/mol. The predicted octanol–water partition coefficient (Wildman–Crippen LogP) is 3.19. The van der Waals surface area contributed by atoms with Gasteiger partial charge in [-0.1, -0.05) is 18.2 Å². The molecule has 0 spiro atoms. The van der Waals surface area contributed by atoms with E-state index in [2.05, 4.69) is 27.9 Å². The number of carbonyl (C=O) groups excluding carboxylic acids is 1. The van der Waals surface area contributed by atoms with Crippen LogP contribution in [0, 0.1) is 3.57 Å². The van der Waals surface area contributed by atoms with E-state index < -0.39 is 0 Å². The molecular weight excluding hydrogens is 369 g/mol. The highest BCUT2D eigenvalue weighted by molar-refractivity contribution is 14.1. The number of hydrogen-bond donors (Lipinski definition) is 2. The second-order valence-corrected chi connectivity index (χ2v) is 5.37. The summed E-state index contributed by atoms with van der Waals surface area (Å²) in [5.74, 6) is 0.320. The van der Waals surface area contributed by atoms with Gasteiger partial charge in [0.15, 0.2) is 11.5 Å². The molecule has 0 radical (unpaired) electrons. The maximum absolute atomic E-state index is 12.0. The number of halogens is 1. The van der Waals surface area contributed by atoms with Crippen LogP contribution in [0.2, 0.25) is 0 Å². The third kappa shape index (κ3) is 3.63. The molecule has 4 nitrogen and oxygen atoms in total. The van der Waals surface area contributed by atoms with Crippen LogP contribution in [0.15, 0.2) is 42.5 Å². The Bertz CT molecular complexity index is 628. The highest BCUT2D eigenvalue weighted by atomic mass is 127. The molecule has 0 heterocycles. The van der Waals surface area contributed by atoms with E-state index >= 15 is 0 Å². The Morgan fingerprint density at radius 3 is 2.75 bits per heavy atom. The lowest BCUT2D eigenvalue weighted by Gasteiger charge is -2.09. The van der Waals surface area contributed by atoms with Crippen LogP contribution < -0.4 is 10.1 Å². The minimum Gasteiger partial charge on any atom is -0.504 e. The maximum atomic E-state index is 12.0. The predicted molar refractivity (Wildman–Crippen MR) is 86.2 cm³/mol. The summed E-state index contributed by atoms with van der Waals surface area (Å²) in [6.45, 7) is 0. The molecule has 104 valence electrons. The number of amides is 1. The molecule has 0 unspecified atom stereocenters. The zero-order valence-electron chi connectivity index (χ0n) is 10.9. The first-order valence-electron chi connectivity index (χ1n) is 6.00. The number of methoxy groups -OCH3 is 1. The molecule has 0 bridgehead atoms. The second-order valence-electron chi connectivity index (χ2n) is 4.21. The third-order valence-electron chi connectivity index (χ3n) is 2.76. The Morgan fingerprint density at radius 1 is 1.30 bits per heavy atom. The number of nitrogens with one attached hydrogen (secondary N) is 1. The smallest absolute Gasteiger partial charge is 0.228 e. The van der Waals surface area contributed by atoms with Crippen molar-refractivity contribution in [3.8, 4) is 11.5 Å². The number of phenolic OH excluding ortho intramolecular Hbond substituents is 1. The zero-order valence-corrected chi connectivity index (χ0v) is 13.0. The van der Waals surface area contributed by atoms with Crippen LogP contribution in [-0.4, -0.2) is 18.1 Å². The van der Waals surface area contributed by atoms with Crippen molar-refractivity contribution in [2.75, 3.05) is 12.4 Å². The molecule has 2 N–H and O–H groups in total. The summed E-state index contributed by atoms with van der Waals surface area (Å²) in [5.41, 5.74) is 1.58. The van der Waals surface area contributed by atoms with Crippen LogP contribution in [-0.2, 0) is 11.2 Å². The largest absolute Gasteiger partial charge is 0.504 e. The van der Waals surface area contributed by atoms with Crippen LogP contribution in [0.1, 0.15) is 5.56 Å². The molecule has 1 amide bonds. The monoisotopic (exact) mass is 383 g/mol. The Morgan fingerprint density at radius 2 is 2.05 bits per heavy atom. The van der Waals surface area contributed by atoms with Crippen LogP contribution >= 0.6 is 22.6 Å². The van der Waals surface area contributed by atoms with Crippen molar-refractivity contribution in [3.63, 3.8) is 0 Å². The molecule has 0 fully saturated rings. The lowest BCUT2D eigenvalue weighted by molar-refractivity contribution is -0.115. The molecule has 2 aromatic rings. The van der Waals surface area contributed by atoms with E-state index in [4.69, 9.17) is 4.74 Å². The molecule has 5 heteroatoms. The first-order chi connectivity index (χ1) is 9.60. The standard InChI is InChI=1S/C15H14INO3/c1-20-14-8-10(6-7-13(14)18)9-15(19)17-12-5-3-2-4-11(12)16/h2-8,18H,9H2,1H3,(H,17,19). The summed E-state index contributed by atoms with van der Waals surface area (Å²) in [5, 5.41) is 12.4. The molecular formula is C15H14INO3. The third-order valence-corrected chi connectivity index (χ3v) is 3.70. The molecule has 2 aromatic carbocycles. The first-order valence-corrected chi connectivity index (χ1v) is 7.08. The number of rotatable bonds is 4. The maximum Gasteiger partial charge on any atom is 0.228 e.